The van der Waals surface area contributed by atoms with Gasteiger partial charge in [-0.3, -0.25) is 4.79 Å². The zero-order valence-corrected chi connectivity index (χ0v) is 13.2. The van der Waals surface area contributed by atoms with Gasteiger partial charge in [0.25, 0.3) is 5.91 Å². The Kier molecular flexibility index (Phi) is 5.26. The highest BCUT2D eigenvalue weighted by Crippen LogP contribution is 2.23. The Morgan fingerprint density at radius 1 is 1.32 bits per heavy atom. The Morgan fingerprint density at radius 3 is 2.68 bits per heavy atom. The van der Waals surface area contributed by atoms with Crippen molar-refractivity contribution < 1.29 is 9.21 Å². The molecule has 0 saturated heterocycles. The summed E-state index contributed by atoms with van der Waals surface area (Å²) in [5.74, 6) is 0.899. The molecule has 1 aromatic carbocycles. The average Bonchev–Trinajstić information content (AvgIpc) is 2.91. The number of amides is 1. The average molecular weight is 335 g/mol. The maximum atomic E-state index is 12.0. The minimum Gasteiger partial charge on any atom is -0.465 e. The van der Waals surface area contributed by atoms with Crippen LogP contribution in [0.15, 0.2) is 40.3 Å². The number of furan rings is 1. The predicted octanol–water partition coefficient (Wildman–Crippen LogP) is 4.12. The summed E-state index contributed by atoms with van der Waals surface area (Å²) in [5.41, 5.74) is 0.594. The van der Waals surface area contributed by atoms with Crippen LogP contribution in [-0.4, -0.2) is 5.91 Å². The van der Waals surface area contributed by atoms with Gasteiger partial charge in [0, 0.05) is 0 Å². The first-order valence-corrected chi connectivity index (χ1v) is 7.15. The number of carbonyl (C=O) groups is 1. The molecular formula is C16H12Cl2N2O2. The molecule has 22 heavy (non-hydrogen) atoms. The molecule has 112 valence electrons. The third-order valence-electron chi connectivity index (χ3n) is 2.84. The van der Waals surface area contributed by atoms with Crippen molar-refractivity contribution in [1.29, 1.82) is 5.26 Å². The van der Waals surface area contributed by atoms with Gasteiger partial charge in [0.15, 0.2) is 0 Å². The van der Waals surface area contributed by atoms with Gasteiger partial charge in [-0.1, -0.05) is 29.3 Å². The fourth-order valence-corrected chi connectivity index (χ4v) is 2.07. The van der Waals surface area contributed by atoms with E-state index in [0.717, 1.165) is 5.76 Å². The normalized spacial score (nSPS) is 11.1. The van der Waals surface area contributed by atoms with Gasteiger partial charge in [-0.2, -0.15) is 5.26 Å². The standard InChI is InChI=1S/C16H12Cl2N2O2/c1-10-2-4-13(22-10)9-20-16(21)12(8-19)6-11-3-5-14(17)15(18)7-11/h2-7H,9H2,1H3,(H,20,21). The van der Waals surface area contributed by atoms with Gasteiger partial charge in [-0.05, 0) is 42.8 Å². The molecule has 1 heterocycles. The molecule has 1 aromatic heterocycles. The fourth-order valence-electron chi connectivity index (χ4n) is 1.76. The predicted molar refractivity (Wildman–Crippen MR) is 85.3 cm³/mol. The van der Waals surface area contributed by atoms with E-state index in [2.05, 4.69) is 5.32 Å². The number of rotatable bonds is 4. The third kappa shape index (κ3) is 4.14. The van der Waals surface area contributed by atoms with Crippen LogP contribution in [0.1, 0.15) is 17.1 Å². The van der Waals surface area contributed by atoms with Crippen molar-refractivity contribution in [2.45, 2.75) is 13.5 Å². The first-order chi connectivity index (χ1) is 10.5. The molecule has 2 rings (SSSR count). The second-order valence-corrected chi connectivity index (χ2v) is 5.35. The number of aryl methyl sites for hydroxylation is 1. The summed E-state index contributed by atoms with van der Waals surface area (Å²) in [7, 11) is 0. The lowest BCUT2D eigenvalue weighted by molar-refractivity contribution is -0.117. The van der Waals surface area contributed by atoms with Gasteiger partial charge in [-0.25, -0.2) is 0 Å². The highest BCUT2D eigenvalue weighted by atomic mass is 35.5. The molecule has 0 atom stereocenters. The van der Waals surface area contributed by atoms with Gasteiger partial charge >= 0.3 is 0 Å². The molecule has 0 aliphatic rings. The highest BCUT2D eigenvalue weighted by molar-refractivity contribution is 6.42. The molecule has 4 nitrogen and oxygen atoms in total. The zero-order chi connectivity index (χ0) is 16.1. The van der Waals surface area contributed by atoms with Crippen LogP contribution in [0.25, 0.3) is 6.08 Å². The van der Waals surface area contributed by atoms with Gasteiger partial charge in [0.05, 0.1) is 16.6 Å². The van der Waals surface area contributed by atoms with E-state index in [1.54, 1.807) is 30.3 Å². The molecule has 0 aliphatic heterocycles. The lowest BCUT2D eigenvalue weighted by Crippen LogP contribution is -2.23. The van der Waals surface area contributed by atoms with Crippen LogP contribution in [0.2, 0.25) is 10.0 Å². The van der Waals surface area contributed by atoms with Gasteiger partial charge in [0.2, 0.25) is 0 Å². The molecule has 2 aromatic rings. The zero-order valence-electron chi connectivity index (χ0n) is 11.7. The summed E-state index contributed by atoms with van der Waals surface area (Å²) < 4.78 is 5.35. The van der Waals surface area contributed by atoms with E-state index in [1.165, 1.54) is 6.08 Å². The van der Waals surface area contributed by atoms with Gasteiger partial charge < -0.3 is 9.73 Å². The van der Waals surface area contributed by atoms with E-state index >= 15 is 0 Å². The summed E-state index contributed by atoms with van der Waals surface area (Å²) >= 11 is 11.7. The molecule has 0 unspecified atom stereocenters. The van der Waals surface area contributed by atoms with Crippen molar-refractivity contribution in [3.8, 4) is 6.07 Å². The number of nitrogens with zero attached hydrogens (tertiary/aromatic N) is 1. The van der Waals surface area contributed by atoms with Crippen LogP contribution in [0, 0.1) is 18.3 Å². The number of hydrogen-bond acceptors (Lipinski definition) is 3. The minimum atomic E-state index is -0.484. The Balaban J connectivity index is 2.09. The molecular weight excluding hydrogens is 323 g/mol. The van der Waals surface area contributed by atoms with Crippen molar-refractivity contribution in [3.05, 3.63) is 63.0 Å². The van der Waals surface area contributed by atoms with Crippen molar-refractivity contribution in [2.75, 3.05) is 0 Å². The Bertz CT molecular complexity index is 773. The highest BCUT2D eigenvalue weighted by Gasteiger charge is 2.10. The van der Waals surface area contributed by atoms with E-state index in [9.17, 15) is 4.79 Å². The first kappa shape index (κ1) is 16.2. The maximum absolute atomic E-state index is 12.0. The molecule has 0 saturated carbocycles. The fraction of sp³-hybridized carbons (Fsp3) is 0.125. The monoisotopic (exact) mass is 334 g/mol. The molecule has 1 amide bonds. The molecule has 0 spiro atoms. The van der Waals surface area contributed by atoms with Gasteiger partial charge in [0.1, 0.15) is 23.2 Å². The van der Waals surface area contributed by atoms with E-state index < -0.39 is 5.91 Å². The van der Waals surface area contributed by atoms with Crippen molar-refractivity contribution >= 4 is 35.2 Å². The van der Waals surface area contributed by atoms with Crippen LogP contribution in [0.3, 0.4) is 0 Å². The van der Waals surface area contributed by atoms with Crippen LogP contribution in [0.4, 0.5) is 0 Å². The summed E-state index contributed by atoms with van der Waals surface area (Å²) in [6, 6.07) is 10.3. The molecule has 6 heteroatoms. The summed E-state index contributed by atoms with van der Waals surface area (Å²) in [4.78, 5) is 12.0. The van der Waals surface area contributed by atoms with Crippen LogP contribution in [-0.2, 0) is 11.3 Å². The second kappa shape index (κ2) is 7.17. The number of benzene rings is 1. The van der Waals surface area contributed by atoms with E-state index in [0.29, 0.717) is 21.4 Å². The lowest BCUT2D eigenvalue weighted by Gasteiger charge is -2.03. The van der Waals surface area contributed by atoms with E-state index in [-0.39, 0.29) is 12.1 Å². The minimum absolute atomic E-state index is 0.0262. The maximum Gasteiger partial charge on any atom is 0.262 e. The largest absolute Gasteiger partial charge is 0.465 e. The number of nitriles is 1. The molecule has 1 N–H and O–H groups in total. The molecule has 0 bridgehead atoms. The molecule has 0 radical (unpaired) electrons. The number of carbonyl (C=O) groups excluding carboxylic acids is 1. The Hall–Kier alpha value is -2.22. The van der Waals surface area contributed by atoms with Crippen LogP contribution < -0.4 is 5.32 Å². The van der Waals surface area contributed by atoms with Crippen LogP contribution in [0.5, 0.6) is 0 Å². The smallest absolute Gasteiger partial charge is 0.262 e. The first-order valence-electron chi connectivity index (χ1n) is 6.40. The lowest BCUT2D eigenvalue weighted by atomic mass is 10.1. The van der Waals surface area contributed by atoms with E-state index in [1.807, 2.05) is 13.0 Å². The summed E-state index contributed by atoms with van der Waals surface area (Å²) in [6.45, 7) is 2.03. The topological polar surface area (TPSA) is 66.0 Å². The summed E-state index contributed by atoms with van der Waals surface area (Å²) in [5, 5.41) is 12.5. The molecule has 0 aliphatic carbocycles. The summed E-state index contributed by atoms with van der Waals surface area (Å²) in [6.07, 6.45) is 1.45. The number of hydrogen-bond donors (Lipinski definition) is 1. The quantitative estimate of drug-likeness (QED) is 0.675. The van der Waals surface area contributed by atoms with Crippen molar-refractivity contribution in [1.82, 2.24) is 5.32 Å². The SMILES string of the molecule is Cc1ccc(CNC(=O)C(C#N)=Cc2ccc(Cl)c(Cl)c2)o1. The van der Waals surface area contributed by atoms with E-state index in [4.69, 9.17) is 32.9 Å². The van der Waals surface area contributed by atoms with Crippen molar-refractivity contribution in [3.63, 3.8) is 0 Å². The van der Waals surface area contributed by atoms with Crippen molar-refractivity contribution in [2.24, 2.45) is 0 Å². The third-order valence-corrected chi connectivity index (χ3v) is 3.58. The Labute approximate surface area is 137 Å². The Morgan fingerprint density at radius 2 is 2.09 bits per heavy atom. The number of nitrogens with one attached hydrogen (secondary N) is 1. The van der Waals surface area contributed by atoms with Crippen LogP contribution >= 0.6 is 23.2 Å². The van der Waals surface area contributed by atoms with Gasteiger partial charge in [-0.15, -0.1) is 0 Å². The molecule has 0 fully saturated rings. The number of halogens is 2. The second-order valence-electron chi connectivity index (χ2n) is 4.54.